The third-order valence-corrected chi connectivity index (χ3v) is 1.97. The minimum absolute atomic E-state index is 0.144. The topological polar surface area (TPSA) is 64.6 Å². The molecule has 96 valence electrons. The summed E-state index contributed by atoms with van der Waals surface area (Å²) in [5, 5.41) is 2.58. The summed E-state index contributed by atoms with van der Waals surface area (Å²) >= 11 is 0. The highest BCUT2D eigenvalue weighted by atomic mass is 19.1. The van der Waals surface area contributed by atoms with Gasteiger partial charge in [-0.15, -0.1) is 0 Å². The van der Waals surface area contributed by atoms with Crippen LogP contribution in [0.2, 0.25) is 0 Å². The molecule has 0 bridgehead atoms. The number of halogens is 1. The summed E-state index contributed by atoms with van der Waals surface area (Å²) in [5.74, 6) is -1.95. The lowest BCUT2D eigenvalue weighted by atomic mass is 10.3. The van der Waals surface area contributed by atoms with E-state index in [0.717, 1.165) is 6.08 Å². The minimum atomic E-state index is -0.760. The lowest BCUT2D eigenvalue weighted by Gasteiger charge is -2.08. The number of nitrogens with one attached hydrogen (secondary N) is 1. The van der Waals surface area contributed by atoms with Gasteiger partial charge < -0.3 is 14.8 Å². The van der Waals surface area contributed by atoms with E-state index in [1.807, 2.05) is 0 Å². The maximum Gasteiger partial charge on any atom is 0.354 e. The molecule has 1 aromatic carbocycles. The standard InChI is InChI=1S/C12H12FNO4/c1-17-11(15)7-10(12(16)18-2)14-9-5-3-4-8(13)6-9/h3-7,14H,1-2H3/b10-7+. The molecule has 0 saturated carbocycles. The van der Waals surface area contributed by atoms with Crippen LogP contribution in [0.3, 0.4) is 0 Å². The Morgan fingerprint density at radius 3 is 2.56 bits per heavy atom. The number of carbonyl (C=O) groups excluding carboxylic acids is 2. The van der Waals surface area contributed by atoms with Crippen LogP contribution in [0.25, 0.3) is 0 Å². The van der Waals surface area contributed by atoms with Crippen LogP contribution >= 0.6 is 0 Å². The molecular formula is C12H12FNO4. The fourth-order valence-corrected chi connectivity index (χ4v) is 1.15. The number of methoxy groups -OCH3 is 2. The molecule has 0 aliphatic carbocycles. The molecule has 5 nitrogen and oxygen atoms in total. The Hall–Kier alpha value is -2.37. The van der Waals surface area contributed by atoms with Crippen LogP contribution in [0, 0.1) is 5.82 Å². The molecule has 1 rings (SSSR count). The molecule has 1 N–H and O–H groups in total. The second-order valence-corrected chi connectivity index (χ2v) is 3.21. The summed E-state index contributed by atoms with van der Waals surface area (Å²) in [6.07, 6.45) is 0.927. The molecule has 0 atom stereocenters. The first kappa shape index (κ1) is 13.7. The molecule has 0 aliphatic heterocycles. The van der Waals surface area contributed by atoms with Crippen LogP contribution in [0.4, 0.5) is 10.1 Å². The summed E-state index contributed by atoms with van der Waals surface area (Å²) < 4.78 is 21.9. The van der Waals surface area contributed by atoms with Gasteiger partial charge in [-0.2, -0.15) is 0 Å². The second kappa shape index (κ2) is 6.39. The largest absolute Gasteiger partial charge is 0.466 e. The smallest absolute Gasteiger partial charge is 0.354 e. The third kappa shape index (κ3) is 3.89. The molecule has 0 amide bonds. The predicted octanol–water partition coefficient (Wildman–Crippen LogP) is 1.47. The Balaban J connectivity index is 2.95. The summed E-state index contributed by atoms with van der Waals surface area (Å²) in [4.78, 5) is 22.5. The van der Waals surface area contributed by atoms with Crippen molar-refractivity contribution in [3.05, 3.63) is 41.9 Å². The van der Waals surface area contributed by atoms with E-state index in [9.17, 15) is 14.0 Å². The van der Waals surface area contributed by atoms with Crippen molar-refractivity contribution in [1.82, 2.24) is 0 Å². The molecule has 0 spiro atoms. The summed E-state index contributed by atoms with van der Waals surface area (Å²) in [6.45, 7) is 0. The quantitative estimate of drug-likeness (QED) is 0.650. The van der Waals surface area contributed by atoms with Gasteiger partial charge in [-0.3, -0.25) is 0 Å². The van der Waals surface area contributed by atoms with E-state index in [1.165, 1.54) is 38.5 Å². The van der Waals surface area contributed by atoms with Gasteiger partial charge in [0.1, 0.15) is 11.5 Å². The zero-order chi connectivity index (χ0) is 13.5. The maximum absolute atomic E-state index is 13.0. The van der Waals surface area contributed by atoms with Gasteiger partial charge in [0, 0.05) is 5.69 Å². The van der Waals surface area contributed by atoms with Crippen LogP contribution in [-0.4, -0.2) is 26.2 Å². The number of hydrogen-bond acceptors (Lipinski definition) is 5. The van der Waals surface area contributed by atoms with Crippen LogP contribution in [0.5, 0.6) is 0 Å². The summed E-state index contributed by atoms with van der Waals surface area (Å²) in [7, 11) is 2.34. The Morgan fingerprint density at radius 2 is 2.00 bits per heavy atom. The van der Waals surface area contributed by atoms with Crippen LogP contribution in [-0.2, 0) is 19.1 Å². The normalized spacial score (nSPS) is 10.7. The maximum atomic E-state index is 13.0. The fourth-order valence-electron chi connectivity index (χ4n) is 1.15. The number of rotatable bonds is 4. The number of carbonyl (C=O) groups is 2. The van der Waals surface area contributed by atoms with Gasteiger partial charge in [0.2, 0.25) is 0 Å². The summed E-state index contributed by atoms with van der Waals surface area (Å²) in [6, 6.07) is 5.43. The molecule has 0 saturated heterocycles. The van der Waals surface area contributed by atoms with Gasteiger partial charge in [0.15, 0.2) is 0 Å². The Kier molecular flexibility index (Phi) is 4.86. The lowest BCUT2D eigenvalue weighted by Crippen LogP contribution is -2.15. The molecule has 0 heterocycles. The first-order valence-corrected chi connectivity index (χ1v) is 4.97. The van der Waals surface area contributed by atoms with E-state index in [2.05, 4.69) is 14.8 Å². The van der Waals surface area contributed by atoms with Crippen molar-refractivity contribution in [3.63, 3.8) is 0 Å². The Labute approximate surface area is 103 Å². The molecular weight excluding hydrogens is 241 g/mol. The SMILES string of the molecule is COC(=O)/C=C(/Nc1cccc(F)c1)C(=O)OC. The highest BCUT2D eigenvalue weighted by Crippen LogP contribution is 2.12. The van der Waals surface area contributed by atoms with Crippen molar-refractivity contribution >= 4 is 17.6 Å². The number of anilines is 1. The summed E-state index contributed by atoms with van der Waals surface area (Å²) in [5.41, 5.74) is 0.172. The fraction of sp³-hybridized carbons (Fsp3) is 0.167. The number of esters is 2. The second-order valence-electron chi connectivity index (χ2n) is 3.21. The van der Waals surface area contributed by atoms with Gasteiger partial charge in [-0.1, -0.05) is 6.07 Å². The molecule has 0 unspecified atom stereocenters. The van der Waals surface area contributed by atoms with Crippen LogP contribution in [0.15, 0.2) is 36.0 Å². The van der Waals surface area contributed by atoms with Crippen molar-refractivity contribution in [2.24, 2.45) is 0 Å². The molecule has 0 aromatic heterocycles. The first-order valence-electron chi connectivity index (χ1n) is 4.97. The van der Waals surface area contributed by atoms with Gasteiger partial charge in [0.25, 0.3) is 0 Å². The van der Waals surface area contributed by atoms with Crippen LogP contribution in [0.1, 0.15) is 0 Å². The average Bonchev–Trinajstić information content (AvgIpc) is 2.36. The number of ether oxygens (including phenoxy) is 2. The zero-order valence-electron chi connectivity index (χ0n) is 9.90. The van der Waals surface area contributed by atoms with Crippen molar-refractivity contribution in [3.8, 4) is 0 Å². The lowest BCUT2D eigenvalue weighted by molar-refractivity contribution is -0.138. The van der Waals surface area contributed by atoms with E-state index in [0.29, 0.717) is 5.69 Å². The van der Waals surface area contributed by atoms with E-state index in [1.54, 1.807) is 0 Å². The number of hydrogen-bond donors (Lipinski definition) is 1. The third-order valence-electron chi connectivity index (χ3n) is 1.97. The highest BCUT2D eigenvalue weighted by Gasteiger charge is 2.12. The Bertz CT molecular complexity index is 485. The van der Waals surface area contributed by atoms with Gasteiger partial charge >= 0.3 is 11.9 Å². The molecule has 1 aromatic rings. The average molecular weight is 253 g/mol. The monoisotopic (exact) mass is 253 g/mol. The predicted molar refractivity (Wildman–Crippen MR) is 62.1 cm³/mol. The van der Waals surface area contributed by atoms with E-state index in [4.69, 9.17) is 0 Å². The van der Waals surface area contributed by atoms with Gasteiger partial charge in [0.05, 0.1) is 20.3 Å². The van der Waals surface area contributed by atoms with E-state index in [-0.39, 0.29) is 5.70 Å². The van der Waals surface area contributed by atoms with Crippen molar-refractivity contribution < 1.29 is 23.5 Å². The van der Waals surface area contributed by atoms with Gasteiger partial charge in [-0.05, 0) is 18.2 Å². The minimum Gasteiger partial charge on any atom is -0.466 e. The van der Waals surface area contributed by atoms with Gasteiger partial charge in [-0.25, -0.2) is 14.0 Å². The van der Waals surface area contributed by atoms with Crippen molar-refractivity contribution in [2.75, 3.05) is 19.5 Å². The van der Waals surface area contributed by atoms with Crippen molar-refractivity contribution in [2.45, 2.75) is 0 Å². The highest BCUT2D eigenvalue weighted by molar-refractivity contribution is 5.98. The van der Waals surface area contributed by atoms with E-state index < -0.39 is 17.8 Å². The van der Waals surface area contributed by atoms with E-state index >= 15 is 0 Å². The molecule has 0 fully saturated rings. The zero-order valence-corrected chi connectivity index (χ0v) is 9.90. The first-order chi connectivity index (χ1) is 8.56. The molecule has 6 heteroatoms. The van der Waals surface area contributed by atoms with Crippen LogP contribution < -0.4 is 5.32 Å². The molecule has 18 heavy (non-hydrogen) atoms. The molecule has 0 aliphatic rings. The Morgan fingerprint density at radius 1 is 1.28 bits per heavy atom. The number of benzene rings is 1. The van der Waals surface area contributed by atoms with Crippen molar-refractivity contribution in [1.29, 1.82) is 0 Å². The molecule has 0 radical (unpaired) electrons.